The molecule has 0 aliphatic heterocycles. The molecule has 4 aliphatic carbocycles. The van der Waals surface area contributed by atoms with E-state index in [0.717, 1.165) is 59.5 Å². The predicted molar refractivity (Wildman–Crippen MR) is 168 cm³/mol. The van der Waals surface area contributed by atoms with E-state index in [9.17, 15) is 24.3 Å². The summed E-state index contributed by atoms with van der Waals surface area (Å²) in [6, 6.07) is 15.7. The first-order valence-corrected chi connectivity index (χ1v) is 16.0. The first-order valence-electron chi connectivity index (χ1n) is 16.0. The van der Waals surface area contributed by atoms with Crippen molar-refractivity contribution in [1.82, 2.24) is 20.9 Å². The number of alkyl carbamates (subject to hydrolysis) is 1. The Morgan fingerprint density at radius 2 is 1.62 bits per heavy atom. The highest BCUT2D eigenvalue weighted by atomic mass is 16.6. The number of ether oxygens (including phenoxy) is 1. The molecule has 3 amide bonds. The zero-order chi connectivity index (χ0) is 31.6. The van der Waals surface area contributed by atoms with Crippen LogP contribution in [-0.2, 0) is 32.0 Å². The number of carbonyl (C=O) groups is 4. The highest BCUT2D eigenvalue weighted by Crippen LogP contribution is 2.54. The van der Waals surface area contributed by atoms with Crippen LogP contribution < -0.4 is 16.0 Å². The number of carboxylic acid groups (broad SMARTS) is 1. The van der Waals surface area contributed by atoms with E-state index in [1.54, 1.807) is 19.1 Å². The number of aromatic amines is 1. The summed E-state index contributed by atoms with van der Waals surface area (Å²) in [5, 5.41) is 18.8. The molecule has 4 fully saturated rings. The van der Waals surface area contributed by atoms with Crippen LogP contribution in [-0.4, -0.2) is 58.2 Å². The number of H-pyrrole nitrogens is 1. The molecule has 4 saturated carbocycles. The lowest BCUT2D eigenvalue weighted by Crippen LogP contribution is -2.60. The third kappa shape index (κ3) is 7.00. The molecule has 4 bridgehead atoms. The van der Waals surface area contributed by atoms with Crippen LogP contribution in [0.1, 0.15) is 56.6 Å². The molecule has 2 atom stereocenters. The minimum absolute atomic E-state index is 0.0297. The molecule has 3 aromatic rings. The number of fused-ring (bicyclic) bond motifs is 1. The Kier molecular flexibility index (Phi) is 8.83. The van der Waals surface area contributed by atoms with Crippen LogP contribution in [0.2, 0.25) is 0 Å². The predicted octanol–water partition coefficient (Wildman–Crippen LogP) is 4.34. The van der Waals surface area contributed by atoms with Crippen LogP contribution >= 0.6 is 0 Å². The summed E-state index contributed by atoms with van der Waals surface area (Å²) >= 11 is 0. The number of amides is 3. The Bertz CT molecular complexity index is 1530. The molecule has 5 N–H and O–H groups in total. The summed E-state index contributed by atoms with van der Waals surface area (Å²) < 4.78 is 6.08. The van der Waals surface area contributed by atoms with Gasteiger partial charge in [-0.1, -0.05) is 48.5 Å². The number of carboxylic acids is 1. The van der Waals surface area contributed by atoms with Gasteiger partial charge in [0.1, 0.15) is 17.7 Å². The second-order valence-corrected chi connectivity index (χ2v) is 13.4. The standard InChI is InChI=1S/C35H42N4O6/c1-35(19-26-20-37-28-10-6-5-9-27(26)28,39-34(44)45-31-24-14-22-13-23(16-24)17-25(31)15-22)33(43)36-12-11-30(40)38-29(32(41)42)18-21-7-3-2-4-8-21/h2-10,20,22-25,29,31,37H,11-19H2,1H3,(H,36,43)(H,38,40)(H,39,44)(H,41,42)/t22?,23?,24?,25?,29-,31?,35+/m0/s1. The van der Waals surface area contributed by atoms with Crippen molar-refractivity contribution in [3.05, 3.63) is 71.9 Å². The van der Waals surface area contributed by atoms with E-state index in [0.29, 0.717) is 11.8 Å². The van der Waals surface area contributed by atoms with Gasteiger partial charge in [0.15, 0.2) is 0 Å². The second kappa shape index (κ2) is 12.9. The Morgan fingerprint density at radius 3 is 2.31 bits per heavy atom. The molecule has 10 nitrogen and oxygen atoms in total. The van der Waals surface area contributed by atoms with Crippen LogP contribution in [0.5, 0.6) is 0 Å². The van der Waals surface area contributed by atoms with E-state index in [1.807, 2.05) is 48.7 Å². The molecule has 4 aliphatic rings. The normalized spacial score (nSPS) is 25.2. The van der Waals surface area contributed by atoms with Gasteiger partial charge in [-0.05, 0) is 79.9 Å². The van der Waals surface area contributed by atoms with Gasteiger partial charge in [0.25, 0.3) is 0 Å². The SMILES string of the molecule is C[C@](Cc1c[nH]c2ccccc12)(NC(=O)OC1C2CC3CC(C2)CC1C3)C(=O)NCCC(=O)N[C@@H](Cc1ccccc1)C(=O)O. The zero-order valence-electron chi connectivity index (χ0n) is 25.6. The fourth-order valence-corrected chi connectivity index (χ4v) is 8.09. The summed E-state index contributed by atoms with van der Waals surface area (Å²) in [7, 11) is 0. The zero-order valence-corrected chi connectivity index (χ0v) is 25.6. The van der Waals surface area contributed by atoms with Gasteiger partial charge in [0.2, 0.25) is 11.8 Å². The lowest BCUT2D eigenvalue weighted by Gasteiger charge is -2.53. The van der Waals surface area contributed by atoms with Gasteiger partial charge in [0.05, 0.1) is 0 Å². The third-order valence-corrected chi connectivity index (χ3v) is 10.0. The molecule has 10 heteroatoms. The topological polar surface area (TPSA) is 150 Å². The van der Waals surface area contributed by atoms with Gasteiger partial charge in [-0.15, -0.1) is 0 Å². The second-order valence-electron chi connectivity index (χ2n) is 13.4. The van der Waals surface area contributed by atoms with E-state index < -0.39 is 35.5 Å². The van der Waals surface area contributed by atoms with E-state index in [-0.39, 0.29) is 31.9 Å². The van der Waals surface area contributed by atoms with Crippen molar-refractivity contribution >= 4 is 34.8 Å². The maximum absolute atomic E-state index is 13.7. The monoisotopic (exact) mass is 614 g/mol. The molecule has 2 aromatic carbocycles. The van der Waals surface area contributed by atoms with Gasteiger partial charge < -0.3 is 30.8 Å². The molecule has 0 unspecified atom stereocenters. The summed E-state index contributed by atoms with van der Waals surface area (Å²) in [5.74, 6) is 0.174. The molecule has 0 saturated heterocycles. The van der Waals surface area contributed by atoms with Crippen molar-refractivity contribution in [3.63, 3.8) is 0 Å². The minimum Gasteiger partial charge on any atom is -0.480 e. The molecular weight excluding hydrogens is 572 g/mol. The van der Waals surface area contributed by atoms with Gasteiger partial charge in [-0.2, -0.15) is 0 Å². The summed E-state index contributed by atoms with van der Waals surface area (Å²) in [5.41, 5.74) is 1.20. The number of benzene rings is 2. The molecule has 1 heterocycles. The minimum atomic E-state index is -1.37. The van der Waals surface area contributed by atoms with E-state index in [4.69, 9.17) is 4.74 Å². The highest BCUT2D eigenvalue weighted by Gasteiger charge is 2.50. The molecular formula is C35H42N4O6. The molecule has 45 heavy (non-hydrogen) atoms. The van der Waals surface area contributed by atoms with Gasteiger partial charge in [-0.25, -0.2) is 9.59 Å². The number of hydrogen-bond donors (Lipinski definition) is 5. The molecule has 238 valence electrons. The Balaban J connectivity index is 1.10. The van der Waals surface area contributed by atoms with Crippen LogP contribution in [0.3, 0.4) is 0 Å². The van der Waals surface area contributed by atoms with Crippen molar-refractivity contribution in [1.29, 1.82) is 0 Å². The maximum atomic E-state index is 13.7. The lowest BCUT2D eigenvalue weighted by atomic mass is 9.55. The van der Waals surface area contributed by atoms with E-state index in [1.165, 1.54) is 6.42 Å². The molecule has 0 radical (unpaired) electrons. The maximum Gasteiger partial charge on any atom is 0.408 e. The fraction of sp³-hybridized carbons (Fsp3) is 0.486. The van der Waals surface area contributed by atoms with Gasteiger partial charge >= 0.3 is 12.1 Å². The van der Waals surface area contributed by atoms with Crippen LogP contribution in [0.25, 0.3) is 10.9 Å². The third-order valence-electron chi connectivity index (χ3n) is 10.0. The number of nitrogens with one attached hydrogen (secondary N) is 4. The number of rotatable bonds is 12. The van der Waals surface area contributed by atoms with Crippen molar-refractivity contribution in [2.45, 2.75) is 76.0 Å². The van der Waals surface area contributed by atoms with Crippen LogP contribution in [0.4, 0.5) is 4.79 Å². The van der Waals surface area contributed by atoms with Crippen LogP contribution in [0.15, 0.2) is 60.8 Å². The van der Waals surface area contributed by atoms with Crippen molar-refractivity contribution in [3.8, 4) is 0 Å². The van der Waals surface area contributed by atoms with Gasteiger partial charge in [-0.3, -0.25) is 9.59 Å². The first kappa shape index (κ1) is 30.7. The summed E-state index contributed by atoms with van der Waals surface area (Å²) in [4.78, 5) is 54.9. The molecule has 7 rings (SSSR count). The number of hydrogen-bond acceptors (Lipinski definition) is 5. The highest BCUT2D eigenvalue weighted by molar-refractivity contribution is 5.92. The molecule has 1 aromatic heterocycles. The van der Waals surface area contributed by atoms with Crippen molar-refractivity contribution < 1.29 is 29.0 Å². The largest absolute Gasteiger partial charge is 0.480 e. The number of para-hydroxylation sites is 1. The molecule has 0 spiro atoms. The smallest absolute Gasteiger partial charge is 0.408 e. The number of aromatic nitrogens is 1. The van der Waals surface area contributed by atoms with E-state index in [2.05, 4.69) is 20.9 Å². The van der Waals surface area contributed by atoms with E-state index >= 15 is 0 Å². The average Bonchev–Trinajstić information content (AvgIpc) is 3.41. The first-order chi connectivity index (χ1) is 21.7. The number of carbonyl (C=O) groups excluding carboxylic acids is 3. The quantitative estimate of drug-likeness (QED) is 0.205. The summed E-state index contributed by atoms with van der Waals surface area (Å²) in [6.07, 6.45) is 7.06. The average molecular weight is 615 g/mol. The van der Waals surface area contributed by atoms with Crippen molar-refractivity contribution in [2.24, 2.45) is 23.7 Å². The van der Waals surface area contributed by atoms with Crippen molar-refractivity contribution in [2.75, 3.05) is 6.54 Å². The fourth-order valence-electron chi connectivity index (χ4n) is 8.09. The lowest BCUT2D eigenvalue weighted by molar-refractivity contribution is -0.141. The van der Waals surface area contributed by atoms with Crippen LogP contribution in [0, 0.1) is 23.7 Å². The Labute approximate surface area is 262 Å². The van der Waals surface area contributed by atoms with Gasteiger partial charge in [0, 0.05) is 42.9 Å². The Morgan fingerprint density at radius 1 is 0.956 bits per heavy atom. The summed E-state index contributed by atoms with van der Waals surface area (Å²) in [6.45, 7) is 1.64. The number of aliphatic carboxylic acids is 1. The Hall–Kier alpha value is -4.34.